The number of sulfonamides is 1. The summed E-state index contributed by atoms with van der Waals surface area (Å²) in [6, 6.07) is 13.3. The highest BCUT2D eigenvalue weighted by Gasteiger charge is 2.14. The number of aromatic nitrogens is 4. The summed E-state index contributed by atoms with van der Waals surface area (Å²) in [6.45, 7) is 1.38. The number of hydrogen-bond donors (Lipinski definition) is 2. The molecule has 0 aliphatic carbocycles. The summed E-state index contributed by atoms with van der Waals surface area (Å²) in [4.78, 5) is 19.7. The first-order chi connectivity index (χ1) is 13.9. The van der Waals surface area contributed by atoms with Crippen molar-refractivity contribution in [2.75, 3.05) is 10.0 Å². The van der Waals surface area contributed by atoms with Gasteiger partial charge >= 0.3 is 0 Å². The number of hydrogen-bond acceptors (Lipinski definition) is 6. The van der Waals surface area contributed by atoms with Crippen LogP contribution in [0.5, 0.6) is 0 Å². The SMILES string of the molecule is CC(=O)Nc1nc2ccc(-c3cncc(NS(=O)(=O)c4ccccc4)c3)cn2n1. The predicted octanol–water partition coefficient (Wildman–Crippen LogP) is 2.55. The molecule has 3 heterocycles. The van der Waals surface area contributed by atoms with Gasteiger partial charge in [0.2, 0.25) is 11.9 Å². The summed E-state index contributed by atoms with van der Waals surface area (Å²) in [5.74, 6) is -0.0547. The van der Waals surface area contributed by atoms with Crippen LogP contribution >= 0.6 is 0 Å². The number of carbonyl (C=O) groups excluding carboxylic acids is 1. The Bertz CT molecular complexity index is 1300. The molecular weight excluding hydrogens is 392 g/mol. The standard InChI is InChI=1S/C19H16N6O3S/c1-13(26)21-19-22-18-8-7-14(12-25(18)23-19)15-9-16(11-20-10-15)24-29(27,28)17-5-3-2-4-6-17/h2-12,24H,1H3,(H,21,23,26). The zero-order valence-corrected chi connectivity index (χ0v) is 16.1. The molecule has 29 heavy (non-hydrogen) atoms. The lowest BCUT2D eigenvalue weighted by molar-refractivity contribution is -0.114. The quantitative estimate of drug-likeness (QED) is 0.524. The Morgan fingerprint density at radius 3 is 2.59 bits per heavy atom. The largest absolute Gasteiger partial charge is 0.293 e. The summed E-state index contributed by atoms with van der Waals surface area (Å²) in [5, 5.41) is 6.74. The zero-order chi connectivity index (χ0) is 20.4. The van der Waals surface area contributed by atoms with Crippen molar-refractivity contribution in [3.8, 4) is 11.1 Å². The Hall–Kier alpha value is -3.79. The van der Waals surface area contributed by atoms with Crippen molar-refractivity contribution in [2.45, 2.75) is 11.8 Å². The van der Waals surface area contributed by atoms with Crippen LogP contribution in [0.1, 0.15) is 6.92 Å². The van der Waals surface area contributed by atoms with Gasteiger partial charge in [-0.3, -0.25) is 19.8 Å². The molecule has 2 N–H and O–H groups in total. The molecule has 0 bridgehead atoms. The topological polar surface area (TPSA) is 118 Å². The van der Waals surface area contributed by atoms with Gasteiger partial charge in [0.15, 0.2) is 5.65 Å². The second kappa shape index (κ2) is 7.32. The maximum absolute atomic E-state index is 12.5. The molecule has 10 heteroatoms. The van der Waals surface area contributed by atoms with Gasteiger partial charge in [0.05, 0.1) is 16.8 Å². The highest BCUT2D eigenvalue weighted by molar-refractivity contribution is 7.92. The normalized spacial score (nSPS) is 11.3. The van der Waals surface area contributed by atoms with E-state index in [1.807, 2.05) is 6.07 Å². The van der Waals surface area contributed by atoms with Crippen molar-refractivity contribution in [1.29, 1.82) is 0 Å². The van der Waals surface area contributed by atoms with E-state index in [1.165, 1.54) is 29.8 Å². The fraction of sp³-hybridized carbons (Fsp3) is 0.0526. The summed E-state index contributed by atoms with van der Waals surface area (Å²) in [5.41, 5.74) is 2.34. The van der Waals surface area contributed by atoms with E-state index in [9.17, 15) is 13.2 Å². The van der Waals surface area contributed by atoms with Gasteiger partial charge in [-0.1, -0.05) is 18.2 Å². The van der Waals surface area contributed by atoms with Crippen LogP contribution in [0, 0.1) is 0 Å². The number of carbonyl (C=O) groups is 1. The lowest BCUT2D eigenvalue weighted by Crippen LogP contribution is -2.13. The van der Waals surface area contributed by atoms with Crippen LogP contribution in [0.3, 0.4) is 0 Å². The third-order valence-corrected chi connectivity index (χ3v) is 5.39. The maximum Gasteiger partial charge on any atom is 0.261 e. The average Bonchev–Trinajstić information content (AvgIpc) is 3.09. The van der Waals surface area contributed by atoms with Gasteiger partial charge in [0.25, 0.3) is 10.0 Å². The Morgan fingerprint density at radius 1 is 1.03 bits per heavy atom. The average molecular weight is 408 g/mol. The fourth-order valence-electron chi connectivity index (χ4n) is 2.73. The first-order valence-corrected chi connectivity index (χ1v) is 10.1. The van der Waals surface area contributed by atoms with Crippen LogP contribution in [-0.4, -0.2) is 33.9 Å². The molecule has 0 unspecified atom stereocenters. The Kier molecular flexibility index (Phi) is 4.69. The number of rotatable bonds is 5. The maximum atomic E-state index is 12.5. The molecular formula is C19H16N6O3S. The third kappa shape index (κ3) is 4.06. The van der Waals surface area contributed by atoms with E-state index in [0.717, 1.165) is 5.56 Å². The number of nitrogens with one attached hydrogen (secondary N) is 2. The summed E-state index contributed by atoms with van der Waals surface area (Å²) in [7, 11) is -3.71. The van der Waals surface area contributed by atoms with Crippen molar-refractivity contribution in [2.24, 2.45) is 0 Å². The van der Waals surface area contributed by atoms with Gasteiger partial charge in [-0.05, 0) is 30.3 Å². The zero-order valence-electron chi connectivity index (χ0n) is 15.3. The summed E-state index contributed by atoms with van der Waals surface area (Å²) in [6.07, 6.45) is 4.78. The number of fused-ring (bicyclic) bond motifs is 1. The lowest BCUT2D eigenvalue weighted by atomic mass is 10.1. The molecule has 0 saturated heterocycles. The molecule has 9 nitrogen and oxygen atoms in total. The Labute approximate surface area is 166 Å². The molecule has 146 valence electrons. The molecule has 4 rings (SSSR count). The smallest absolute Gasteiger partial charge is 0.261 e. The number of pyridine rings is 2. The third-order valence-electron chi connectivity index (χ3n) is 4.00. The lowest BCUT2D eigenvalue weighted by Gasteiger charge is -2.09. The van der Waals surface area contributed by atoms with Gasteiger partial charge in [-0.2, -0.15) is 4.98 Å². The first kappa shape index (κ1) is 18.6. The van der Waals surface area contributed by atoms with Crippen LogP contribution in [-0.2, 0) is 14.8 Å². The van der Waals surface area contributed by atoms with E-state index in [-0.39, 0.29) is 16.8 Å². The van der Waals surface area contributed by atoms with Crippen LogP contribution in [0.15, 0.2) is 72.0 Å². The van der Waals surface area contributed by atoms with Gasteiger partial charge < -0.3 is 0 Å². The molecule has 3 aromatic heterocycles. The monoisotopic (exact) mass is 408 g/mol. The van der Waals surface area contributed by atoms with Crippen molar-refractivity contribution < 1.29 is 13.2 Å². The molecule has 4 aromatic rings. The van der Waals surface area contributed by atoms with Crippen LogP contribution in [0.2, 0.25) is 0 Å². The number of benzene rings is 1. The molecule has 0 saturated carbocycles. The highest BCUT2D eigenvalue weighted by atomic mass is 32.2. The van der Waals surface area contributed by atoms with Gasteiger partial charge in [-0.25, -0.2) is 12.9 Å². The van der Waals surface area contributed by atoms with Gasteiger partial charge in [0.1, 0.15) is 0 Å². The van der Waals surface area contributed by atoms with Crippen molar-refractivity contribution in [3.05, 3.63) is 67.1 Å². The van der Waals surface area contributed by atoms with Gasteiger partial charge in [0, 0.05) is 30.4 Å². The minimum atomic E-state index is -3.71. The van der Waals surface area contributed by atoms with Crippen LogP contribution < -0.4 is 10.0 Å². The van der Waals surface area contributed by atoms with Gasteiger partial charge in [-0.15, -0.1) is 5.10 Å². The predicted molar refractivity (Wildman–Crippen MR) is 108 cm³/mol. The van der Waals surface area contributed by atoms with E-state index in [2.05, 4.69) is 25.1 Å². The first-order valence-electron chi connectivity index (χ1n) is 8.58. The van der Waals surface area contributed by atoms with Crippen molar-refractivity contribution >= 4 is 33.2 Å². The Morgan fingerprint density at radius 2 is 1.83 bits per heavy atom. The van der Waals surface area contributed by atoms with Crippen molar-refractivity contribution in [3.63, 3.8) is 0 Å². The Balaban J connectivity index is 1.64. The van der Waals surface area contributed by atoms with Crippen LogP contribution in [0.4, 0.5) is 11.6 Å². The molecule has 0 spiro atoms. The van der Waals surface area contributed by atoms with E-state index < -0.39 is 10.0 Å². The van der Waals surface area contributed by atoms with E-state index in [0.29, 0.717) is 16.9 Å². The molecule has 1 aromatic carbocycles. The number of amides is 1. The summed E-state index contributed by atoms with van der Waals surface area (Å²) < 4.78 is 29.1. The van der Waals surface area contributed by atoms with Crippen LogP contribution in [0.25, 0.3) is 16.8 Å². The van der Waals surface area contributed by atoms with E-state index in [1.54, 1.807) is 42.7 Å². The second-order valence-electron chi connectivity index (χ2n) is 6.22. The highest BCUT2D eigenvalue weighted by Crippen LogP contribution is 2.23. The van der Waals surface area contributed by atoms with Crippen molar-refractivity contribution in [1.82, 2.24) is 19.6 Å². The summed E-state index contributed by atoms with van der Waals surface area (Å²) >= 11 is 0. The number of anilines is 2. The molecule has 0 atom stereocenters. The molecule has 0 aliphatic heterocycles. The van der Waals surface area contributed by atoms with E-state index in [4.69, 9.17) is 0 Å². The molecule has 0 radical (unpaired) electrons. The minimum Gasteiger partial charge on any atom is -0.293 e. The second-order valence-corrected chi connectivity index (χ2v) is 7.90. The minimum absolute atomic E-state index is 0.167. The number of nitrogens with zero attached hydrogens (tertiary/aromatic N) is 4. The van der Waals surface area contributed by atoms with E-state index >= 15 is 0 Å². The molecule has 0 aliphatic rings. The molecule has 0 fully saturated rings. The fourth-order valence-corrected chi connectivity index (χ4v) is 3.79. The molecule has 1 amide bonds.